The highest BCUT2D eigenvalue weighted by atomic mass is 79.9. The van der Waals surface area contributed by atoms with Gasteiger partial charge in [-0.2, -0.15) is 0 Å². The fourth-order valence-corrected chi connectivity index (χ4v) is 4.05. The summed E-state index contributed by atoms with van der Waals surface area (Å²) in [5, 5.41) is 19.2. The van der Waals surface area contributed by atoms with E-state index >= 15 is 0 Å². The van der Waals surface area contributed by atoms with Crippen molar-refractivity contribution >= 4 is 34.3 Å². The number of ether oxygens (including phenoxy) is 1. The lowest BCUT2D eigenvalue weighted by Gasteiger charge is -2.27. The Hall–Kier alpha value is -2.45. The number of nitrogens with one attached hydrogen (secondary N) is 1. The molecule has 0 atom stereocenters. The summed E-state index contributed by atoms with van der Waals surface area (Å²) in [4.78, 5) is 21.6. The van der Waals surface area contributed by atoms with Gasteiger partial charge in [0, 0.05) is 48.9 Å². The second-order valence-electron chi connectivity index (χ2n) is 9.18. The average Bonchev–Trinajstić information content (AvgIpc) is 3.52. The van der Waals surface area contributed by atoms with Crippen LogP contribution in [-0.4, -0.2) is 54.4 Å². The van der Waals surface area contributed by atoms with Crippen LogP contribution in [0.25, 0.3) is 0 Å². The number of hydrogen-bond donors (Lipinski definition) is 2. The lowest BCUT2D eigenvalue weighted by molar-refractivity contribution is 0.0756. The van der Waals surface area contributed by atoms with E-state index in [1.807, 2.05) is 25.1 Å². The third kappa shape index (κ3) is 4.52. The first-order valence-electron chi connectivity index (χ1n) is 10.6. The molecule has 0 unspecified atom stereocenters. The molecule has 0 spiro atoms. The van der Waals surface area contributed by atoms with Gasteiger partial charge in [-0.05, 0) is 44.9 Å². The Bertz CT molecular complexity index is 1060. The van der Waals surface area contributed by atoms with E-state index in [0.29, 0.717) is 40.9 Å². The summed E-state index contributed by atoms with van der Waals surface area (Å²) in [6, 6.07) is 7.58. The van der Waals surface area contributed by atoms with Crippen LogP contribution in [0.1, 0.15) is 65.5 Å². The number of aliphatic hydroxyl groups is 1. The molecule has 0 amide bonds. The number of benzene rings is 1. The highest BCUT2D eigenvalue weighted by Gasteiger charge is 2.32. The summed E-state index contributed by atoms with van der Waals surface area (Å²) < 4.78 is 5.56. The van der Waals surface area contributed by atoms with Gasteiger partial charge in [-0.1, -0.05) is 6.07 Å². The Morgan fingerprint density at radius 2 is 2.00 bits per heavy atom. The van der Waals surface area contributed by atoms with E-state index in [0.717, 1.165) is 29.8 Å². The molecule has 1 aliphatic carbocycles. The van der Waals surface area contributed by atoms with Crippen molar-refractivity contribution in [3.63, 3.8) is 0 Å². The molecule has 7 nitrogen and oxygen atoms in total. The van der Waals surface area contributed by atoms with E-state index < -0.39 is 5.60 Å². The summed E-state index contributed by atoms with van der Waals surface area (Å²) in [6.45, 7) is 3.94. The van der Waals surface area contributed by atoms with Gasteiger partial charge in [-0.15, -0.1) is 17.0 Å². The second-order valence-corrected chi connectivity index (χ2v) is 9.18. The molecule has 1 aliphatic heterocycles. The number of rotatable bonds is 7. The van der Waals surface area contributed by atoms with Crippen molar-refractivity contribution in [2.45, 2.75) is 44.8 Å². The van der Waals surface area contributed by atoms with Crippen LogP contribution in [0.4, 0.5) is 5.69 Å². The number of Topliss-reactive ketones (excluding diaryl/α,β-unsaturated/α-hetero) is 1. The maximum atomic E-state index is 13.2. The highest BCUT2D eigenvalue weighted by molar-refractivity contribution is 8.93. The monoisotopic (exact) mass is 502 g/mol. The van der Waals surface area contributed by atoms with E-state index in [1.165, 1.54) is 0 Å². The largest absolute Gasteiger partial charge is 0.494 e. The Labute approximate surface area is 199 Å². The normalized spacial score (nSPS) is 15.3. The fraction of sp³-hybridized carbons (Fsp3) is 0.458. The maximum Gasteiger partial charge on any atom is 0.182 e. The lowest BCUT2D eigenvalue weighted by Crippen LogP contribution is -2.31. The van der Waals surface area contributed by atoms with Gasteiger partial charge in [0.2, 0.25) is 0 Å². The zero-order valence-electron chi connectivity index (χ0n) is 19.2. The Balaban J connectivity index is 0.00000289. The third-order valence-corrected chi connectivity index (χ3v) is 5.97. The predicted octanol–water partition coefficient (Wildman–Crippen LogP) is 3.86. The fourth-order valence-electron chi connectivity index (χ4n) is 4.05. The van der Waals surface area contributed by atoms with Gasteiger partial charge < -0.3 is 19.6 Å². The minimum atomic E-state index is -1.17. The summed E-state index contributed by atoms with van der Waals surface area (Å²) in [6.07, 6.45) is 2.33. The minimum absolute atomic E-state index is 0. The smallest absolute Gasteiger partial charge is 0.182 e. The van der Waals surface area contributed by atoms with Gasteiger partial charge >= 0.3 is 0 Å². The standard InChI is InChI=1S/C24H30N4O3.BrH/c1-24(2,30)17-10-16(11-19(27(3)4)22(17)31-5)20(29)13-28-12-15-8-9-18(14-6-7-14)26-21(15)23(28)25;/h8-11,14,25,30H,6-7,12-13H2,1-5H3;1H. The molecule has 2 aromatic rings. The number of fused-ring (bicyclic) bond motifs is 1. The van der Waals surface area contributed by atoms with Crippen molar-refractivity contribution in [3.8, 4) is 5.75 Å². The molecule has 2 N–H and O–H groups in total. The van der Waals surface area contributed by atoms with Gasteiger partial charge in [0.1, 0.15) is 17.3 Å². The minimum Gasteiger partial charge on any atom is -0.494 e. The van der Waals surface area contributed by atoms with E-state index in [2.05, 4.69) is 6.07 Å². The van der Waals surface area contributed by atoms with E-state index in [1.54, 1.807) is 38.0 Å². The van der Waals surface area contributed by atoms with Gasteiger partial charge in [0.05, 0.1) is 24.9 Å². The van der Waals surface area contributed by atoms with Crippen LogP contribution in [0, 0.1) is 5.41 Å². The number of carbonyl (C=O) groups is 1. The van der Waals surface area contributed by atoms with Crippen molar-refractivity contribution in [1.29, 1.82) is 5.41 Å². The summed E-state index contributed by atoms with van der Waals surface area (Å²) >= 11 is 0. The van der Waals surface area contributed by atoms with Crippen molar-refractivity contribution < 1.29 is 14.6 Å². The van der Waals surface area contributed by atoms with Crippen molar-refractivity contribution in [2.24, 2.45) is 0 Å². The maximum absolute atomic E-state index is 13.2. The molecular weight excluding hydrogens is 472 g/mol. The number of carbonyl (C=O) groups excluding carboxylic acids is 1. The molecule has 0 bridgehead atoms. The van der Waals surface area contributed by atoms with Crippen molar-refractivity contribution in [2.75, 3.05) is 32.6 Å². The average molecular weight is 503 g/mol. The van der Waals surface area contributed by atoms with Crippen LogP contribution in [0.2, 0.25) is 0 Å². The molecule has 0 radical (unpaired) electrons. The molecule has 1 aromatic carbocycles. The molecule has 172 valence electrons. The quantitative estimate of drug-likeness (QED) is 0.558. The molecule has 0 saturated heterocycles. The predicted molar refractivity (Wildman–Crippen MR) is 131 cm³/mol. The number of pyridine rings is 1. The lowest BCUT2D eigenvalue weighted by atomic mass is 9.93. The Kier molecular flexibility index (Phi) is 6.67. The van der Waals surface area contributed by atoms with Crippen molar-refractivity contribution in [1.82, 2.24) is 9.88 Å². The second kappa shape index (κ2) is 8.83. The molecule has 32 heavy (non-hydrogen) atoms. The molecule has 2 aliphatic rings. The molecule has 4 rings (SSSR count). The van der Waals surface area contributed by atoms with E-state index in [9.17, 15) is 9.90 Å². The summed E-state index contributed by atoms with van der Waals surface area (Å²) in [5.41, 5.74) is 3.32. The first kappa shape index (κ1) is 24.2. The highest BCUT2D eigenvalue weighted by Crippen LogP contribution is 2.40. The van der Waals surface area contributed by atoms with Crippen LogP contribution < -0.4 is 9.64 Å². The first-order chi connectivity index (χ1) is 14.6. The van der Waals surface area contributed by atoms with Crippen LogP contribution in [-0.2, 0) is 12.1 Å². The summed E-state index contributed by atoms with van der Waals surface area (Å²) in [5.74, 6) is 1.26. The van der Waals surface area contributed by atoms with Crippen LogP contribution >= 0.6 is 17.0 Å². The number of anilines is 1. The van der Waals surface area contributed by atoms with Crippen LogP contribution in [0.15, 0.2) is 24.3 Å². The van der Waals surface area contributed by atoms with E-state index in [4.69, 9.17) is 15.1 Å². The molecular formula is C24H31BrN4O3. The number of amidine groups is 1. The summed E-state index contributed by atoms with van der Waals surface area (Å²) in [7, 11) is 5.30. The zero-order chi connectivity index (χ0) is 22.5. The third-order valence-electron chi connectivity index (χ3n) is 5.97. The van der Waals surface area contributed by atoms with Gasteiger partial charge in [0.25, 0.3) is 0 Å². The number of nitrogens with zero attached hydrogens (tertiary/aromatic N) is 3. The molecule has 1 aromatic heterocycles. The SMILES string of the molecule is Br.COc1c(N(C)C)cc(C(=O)CN2Cc3ccc(C4CC4)nc3C2=N)cc1C(C)(C)O. The zero-order valence-corrected chi connectivity index (χ0v) is 20.9. The topological polar surface area (TPSA) is 89.8 Å². The first-order valence-corrected chi connectivity index (χ1v) is 10.6. The van der Waals surface area contributed by atoms with Gasteiger partial charge in [-0.25, -0.2) is 4.98 Å². The van der Waals surface area contributed by atoms with Crippen molar-refractivity contribution in [3.05, 3.63) is 52.3 Å². The molecule has 8 heteroatoms. The van der Waals surface area contributed by atoms with Gasteiger partial charge in [-0.3, -0.25) is 10.2 Å². The number of ketones is 1. The number of methoxy groups -OCH3 is 1. The molecule has 1 fully saturated rings. The number of halogens is 1. The molecule has 2 heterocycles. The number of hydrogen-bond acceptors (Lipinski definition) is 6. The van der Waals surface area contributed by atoms with Crippen LogP contribution in [0.3, 0.4) is 0 Å². The van der Waals surface area contributed by atoms with Gasteiger partial charge in [0.15, 0.2) is 5.78 Å². The van der Waals surface area contributed by atoms with E-state index in [-0.39, 0.29) is 29.3 Å². The molecule has 1 saturated carbocycles. The number of aromatic nitrogens is 1. The van der Waals surface area contributed by atoms with Crippen LogP contribution in [0.5, 0.6) is 5.75 Å². The Morgan fingerprint density at radius 3 is 2.56 bits per heavy atom. The Morgan fingerprint density at radius 1 is 1.31 bits per heavy atom.